The Bertz CT molecular complexity index is 1340. The number of furan rings is 1. The molecule has 0 aliphatic heterocycles. The predicted octanol–water partition coefficient (Wildman–Crippen LogP) is 6.31. The third kappa shape index (κ3) is 4.38. The molecule has 6 nitrogen and oxygen atoms in total. The lowest BCUT2D eigenvalue weighted by atomic mass is 10.2. The number of hydrogen-bond donors (Lipinski definition) is 1. The van der Waals surface area contributed by atoms with Crippen LogP contribution in [-0.4, -0.2) is 23.3 Å². The van der Waals surface area contributed by atoms with Crippen LogP contribution in [-0.2, 0) is 0 Å². The quantitative estimate of drug-likeness (QED) is 0.265. The summed E-state index contributed by atoms with van der Waals surface area (Å²) < 4.78 is 13.1. The molecular weight excluding hydrogens is 449 g/mol. The Kier molecular flexibility index (Phi) is 6.26. The number of hydrazone groups is 1. The molecule has 1 amide bonds. The van der Waals surface area contributed by atoms with Crippen molar-refractivity contribution in [3.05, 3.63) is 81.3 Å². The van der Waals surface area contributed by atoms with Crippen molar-refractivity contribution >= 4 is 46.3 Å². The van der Waals surface area contributed by atoms with Crippen molar-refractivity contribution in [2.75, 3.05) is 6.61 Å². The Morgan fingerprint density at radius 3 is 2.75 bits per heavy atom. The number of fused-ring (bicyclic) bond motifs is 1. The van der Waals surface area contributed by atoms with Gasteiger partial charge in [0.2, 0.25) is 0 Å². The number of ether oxygens (including phenoxy) is 1. The monoisotopic (exact) mass is 469 g/mol. The van der Waals surface area contributed by atoms with E-state index in [2.05, 4.69) is 10.5 Å². The number of rotatable bonds is 6. The maximum atomic E-state index is 12.5. The van der Waals surface area contributed by atoms with E-state index in [4.69, 9.17) is 32.4 Å². The molecule has 2 heterocycles. The molecule has 0 fully saturated rings. The van der Waals surface area contributed by atoms with E-state index in [9.17, 15) is 4.79 Å². The van der Waals surface area contributed by atoms with Crippen LogP contribution in [0.2, 0.25) is 10.0 Å². The highest BCUT2D eigenvalue weighted by atomic mass is 35.5. The lowest BCUT2D eigenvalue weighted by Crippen LogP contribution is -2.16. The first-order valence-electron chi connectivity index (χ1n) is 10.0. The van der Waals surface area contributed by atoms with Gasteiger partial charge in [0.1, 0.15) is 11.3 Å². The van der Waals surface area contributed by atoms with Crippen LogP contribution in [0.3, 0.4) is 0 Å². The maximum absolute atomic E-state index is 12.5. The molecule has 0 saturated heterocycles. The average molecular weight is 470 g/mol. The maximum Gasteiger partial charge on any atom is 0.307 e. The smallest absolute Gasteiger partial charge is 0.307 e. The molecule has 0 aliphatic carbocycles. The summed E-state index contributed by atoms with van der Waals surface area (Å²) in [5.41, 5.74) is 6.61. The molecule has 0 radical (unpaired) electrons. The first-order chi connectivity index (χ1) is 15.4. The number of carbonyl (C=O) groups excluding carboxylic acids is 1. The van der Waals surface area contributed by atoms with Crippen LogP contribution in [0.15, 0.2) is 58.0 Å². The van der Waals surface area contributed by atoms with Crippen molar-refractivity contribution in [2.45, 2.75) is 20.8 Å². The van der Waals surface area contributed by atoms with Crippen LogP contribution in [0.25, 0.3) is 16.7 Å². The lowest BCUT2D eigenvalue weighted by Gasteiger charge is -2.12. The molecule has 0 spiro atoms. The lowest BCUT2D eigenvalue weighted by molar-refractivity contribution is 0.0929. The second-order valence-corrected chi connectivity index (χ2v) is 8.04. The van der Waals surface area contributed by atoms with E-state index in [-0.39, 0.29) is 5.76 Å². The number of aryl methyl sites for hydroxylation is 1. The van der Waals surface area contributed by atoms with Crippen LogP contribution in [0.5, 0.6) is 5.75 Å². The number of hydrogen-bond acceptors (Lipinski definition) is 4. The summed E-state index contributed by atoms with van der Waals surface area (Å²) in [5.74, 6) is 0.449. The molecule has 0 bridgehead atoms. The highest BCUT2D eigenvalue weighted by Gasteiger charge is 2.14. The Labute approximate surface area is 195 Å². The van der Waals surface area contributed by atoms with Gasteiger partial charge in [-0.05, 0) is 69.3 Å². The van der Waals surface area contributed by atoms with Crippen LogP contribution in [0.4, 0.5) is 0 Å². The van der Waals surface area contributed by atoms with Gasteiger partial charge < -0.3 is 13.7 Å². The highest BCUT2D eigenvalue weighted by molar-refractivity contribution is 6.34. The topological polar surface area (TPSA) is 68.8 Å². The molecule has 0 saturated carbocycles. The molecule has 32 heavy (non-hydrogen) atoms. The zero-order valence-electron chi connectivity index (χ0n) is 17.8. The number of nitrogens with one attached hydrogen (secondary N) is 1. The third-order valence-corrected chi connectivity index (χ3v) is 5.57. The Balaban J connectivity index is 1.52. The number of benzene rings is 2. The molecule has 0 aliphatic rings. The zero-order chi connectivity index (χ0) is 22.8. The van der Waals surface area contributed by atoms with E-state index in [0.717, 1.165) is 33.8 Å². The molecule has 0 atom stereocenters. The predicted molar refractivity (Wildman–Crippen MR) is 128 cm³/mol. The van der Waals surface area contributed by atoms with Crippen LogP contribution in [0, 0.1) is 13.8 Å². The summed E-state index contributed by atoms with van der Waals surface area (Å²) in [5, 5.41) is 6.07. The third-order valence-electron chi connectivity index (χ3n) is 5.01. The van der Waals surface area contributed by atoms with Crippen LogP contribution in [0.1, 0.15) is 34.4 Å². The SMILES string of the molecule is CCOc1ccc2oc(C(=O)N/N=C/c3cc(C)n(-c4cc(Cl)ccc4Cl)c3C)cc2c1. The van der Waals surface area contributed by atoms with Crippen molar-refractivity contribution in [3.8, 4) is 11.4 Å². The van der Waals surface area contributed by atoms with Gasteiger partial charge in [0, 0.05) is 27.4 Å². The first kappa shape index (κ1) is 22.0. The van der Waals surface area contributed by atoms with E-state index in [1.807, 2.05) is 43.5 Å². The largest absolute Gasteiger partial charge is 0.494 e. The normalized spacial score (nSPS) is 11.4. The van der Waals surface area contributed by atoms with Gasteiger partial charge in [-0.2, -0.15) is 5.10 Å². The van der Waals surface area contributed by atoms with Crippen molar-refractivity contribution in [1.29, 1.82) is 0 Å². The Hall–Kier alpha value is -3.22. The molecule has 2 aromatic carbocycles. The van der Waals surface area contributed by atoms with E-state index in [0.29, 0.717) is 22.2 Å². The van der Waals surface area contributed by atoms with E-state index < -0.39 is 5.91 Å². The minimum Gasteiger partial charge on any atom is -0.494 e. The molecule has 2 aromatic heterocycles. The minimum absolute atomic E-state index is 0.169. The highest BCUT2D eigenvalue weighted by Crippen LogP contribution is 2.29. The van der Waals surface area contributed by atoms with E-state index in [1.54, 1.807) is 36.5 Å². The molecule has 8 heteroatoms. The van der Waals surface area contributed by atoms with Gasteiger partial charge in [0.05, 0.1) is 23.5 Å². The summed E-state index contributed by atoms with van der Waals surface area (Å²) in [6.07, 6.45) is 1.59. The number of aromatic nitrogens is 1. The molecule has 164 valence electrons. The van der Waals surface area contributed by atoms with Crippen molar-refractivity contribution < 1.29 is 13.9 Å². The molecule has 4 aromatic rings. The number of carbonyl (C=O) groups is 1. The number of amides is 1. The summed E-state index contributed by atoms with van der Waals surface area (Å²) in [4.78, 5) is 12.5. The second kappa shape index (κ2) is 9.10. The first-order valence-corrected chi connectivity index (χ1v) is 10.8. The van der Waals surface area contributed by atoms with Gasteiger partial charge in [0.15, 0.2) is 5.76 Å². The summed E-state index contributed by atoms with van der Waals surface area (Å²) in [6.45, 7) is 6.39. The van der Waals surface area contributed by atoms with Crippen molar-refractivity contribution in [3.63, 3.8) is 0 Å². The van der Waals surface area contributed by atoms with E-state index in [1.165, 1.54) is 0 Å². The van der Waals surface area contributed by atoms with Gasteiger partial charge in [-0.15, -0.1) is 0 Å². The van der Waals surface area contributed by atoms with Gasteiger partial charge in [-0.3, -0.25) is 4.79 Å². The molecular formula is C24H21Cl2N3O3. The standard InChI is InChI=1S/C24H21Cl2N3O3/c1-4-31-19-6-8-22-16(10-19)11-23(32-22)24(30)28-27-13-17-9-14(2)29(15(17)3)21-12-18(25)5-7-20(21)26/h5-13H,4H2,1-3H3,(H,28,30)/b27-13+. The molecule has 1 N–H and O–H groups in total. The zero-order valence-corrected chi connectivity index (χ0v) is 19.3. The molecule has 4 rings (SSSR count). The van der Waals surface area contributed by atoms with Gasteiger partial charge >= 0.3 is 5.91 Å². The van der Waals surface area contributed by atoms with Crippen LogP contribution < -0.4 is 10.2 Å². The van der Waals surface area contributed by atoms with Gasteiger partial charge in [-0.1, -0.05) is 23.2 Å². The fourth-order valence-electron chi connectivity index (χ4n) is 3.55. The Morgan fingerprint density at radius 2 is 1.97 bits per heavy atom. The van der Waals surface area contributed by atoms with E-state index >= 15 is 0 Å². The minimum atomic E-state index is -0.442. The average Bonchev–Trinajstić information content (AvgIpc) is 3.30. The van der Waals surface area contributed by atoms with Gasteiger partial charge in [-0.25, -0.2) is 5.43 Å². The summed E-state index contributed by atoms with van der Waals surface area (Å²) in [6, 6.07) is 14.3. The number of halogens is 2. The summed E-state index contributed by atoms with van der Waals surface area (Å²) in [7, 11) is 0. The van der Waals surface area contributed by atoms with Gasteiger partial charge in [0.25, 0.3) is 0 Å². The van der Waals surface area contributed by atoms with Crippen molar-refractivity contribution in [1.82, 2.24) is 9.99 Å². The Morgan fingerprint density at radius 1 is 1.16 bits per heavy atom. The fraction of sp³-hybridized carbons (Fsp3) is 0.167. The molecule has 0 unspecified atom stereocenters. The second-order valence-electron chi connectivity index (χ2n) is 7.20. The fourth-order valence-corrected chi connectivity index (χ4v) is 3.92. The van der Waals surface area contributed by atoms with Crippen molar-refractivity contribution in [2.24, 2.45) is 5.10 Å². The summed E-state index contributed by atoms with van der Waals surface area (Å²) >= 11 is 12.5. The number of nitrogens with zero attached hydrogens (tertiary/aromatic N) is 2. The van der Waals surface area contributed by atoms with Crippen LogP contribution >= 0.6 is 23.2 Å².